The van der Waals surface area contributed by atoms with E-state index in [1.165, 1.54) is 4.90 Å². The van der Waals surface area contributed by atoms with Gasteiger partial charge in [-0.1, -0.05) is 11.8 Å². The van der Waals surface area contributed by atoms with Crippen LogP contribution in [-0.2, 0) is 11.3 Å². The van der Waals surface area contributed by atoms with Crippen molar-refractivity contribution in [2.45, 2.75) is 20.4 Å². The maximum Gasteiger partial charge on any atom is 0.289 e. The van der Waals surface area contributed by atoms with Crippen LogP contribution in [0.25, 0.3) is 0 Å². The normalized spacial score (nSPS) is 15.3. The minimum absolute atomic E-state index is 0.144. The fourth-order valence-corrected chi connectivity index (χ4v) is 2.37. The highest BCUT2D eigenvalue weighted by Crippen LogP contribution is 2.20. The number of imide groups is 1. The van der Waals surface area contributed by atoms with Gasteiger partial charge in [0.25, 0.3) is 5.24 Å². The highest BCUT2D eigenvalue weighted by atomic mass is 32.2. The van der Waals surface area contributed by atoms with E-state index in [4.69, 9.17) is 0 Å². The molecule has 2 amide bonds. The summed E-state index contributed by atoms with van der Waals surface area (Å²) in [5.41, 5.74) is 0.808. The smallest absolute Gasteiger partial charge is 0.289 e. The molecule has 0 bridgehead atoms. The molecule has 1 N–H and O–H groups in total. The van der Waals surface area contributed by atoms with Crippen LogP contribution < -0.4 is 5.32 Å². The Morgan fingerprint density at radius 2 is 2.22 bits per heavy atom. The summed E-state index contributed by atoms with van der Waals surface area (Å²) in [6.45, 7) is 4.73. The molecule has 0 aliphatic carbocycles. The number of thioether (sulfide) groups is 1. The zero-order valence-corrected chi connectivity index (χ0v) is 11.1. The van der Waals surface area contributed by atoms with Gasteiger partial charge in [-0.15, -0.1) is 0 Å². The molecule has 2 rings (SSSR count). The Morgan fingerprint density at radius 1 is 1.44 bits per heavy atom. The van der Waals surface area contributed by atoms with E-state index in [-0.39, 0.29) is 23.4 Å². The minimum Gasteiger partial charge on any atom is -0.370 e. The Kier molecular flexibility index (Phi) is 3.81. The zero-order valence-electron chi connectivity index (χ0n) is 10.3. The van der Waals surface area contributed by atoms with E-state index in [1.807, 2.05) is 19.9 Å². The van der Waals surface area contributed by atoms with Crippen LogP contribution in [0, 0.1) is 6.92 Å². The van der Waals surface area contributed by atoms with E-state index in [0.29, 0.717) is 11.6 Å². The van der Waals surface area contributed by atoms with Gasteiger partial charge in [0.05, 0.1) is 12.3 Å². The van der Waals surface area contributed by atoms with Crippen molar-refractivity contribution < 1.29 is 9.59 Å². The maximum atomic E-state index is 11.5. The van der Waals surface area contributed by atoms with Crippen molar-refractivity contribution in [3.63, 3.8) is 0 Å². The molecule has 0 unspecified atom stereocenters. The largest absolute Gasteiger partial charge is 0.370 e. The standard InChI is InChI=1S/C11H14N4O2S/c1-3-12-8-4-7(2)13-9(14-8)5-15-10(16)6-18-11(15)17/h4H,3,5-6H2,1-2H3,(H,12,13,14). The minimum atomic E-state index is -0.227. The second-order valence-electron chi connectivity index (χ2n) is 3.88. The number of anilines is 1. The monoisotopic (exact) mass is 266 g/mol. The van der Waals surface area contributed by atoms with Gasteiger partial charge in [0.2, 0.25) is 5.91 Å². The number of amides is 2. The van der Waals surface area contributed by atoms with Crippen molar-refractivity contribution in [1.29, 1.82) is 0 Å². The van der Waals surface area contributed by atoms with E-state index in [0.717, 1.165) is 24.0 Å². The van der Waals surface area contributed by atoms with Crippen LogP contribution in [0.5, 0.6) is 0 Å². The molecule has 0 radical (unpaired) electrons. The first-order chi connectivity index (χ1) is 8.60. The molecule has 0 saturated carbocycles. The lowest BCUT2D eigenvalue weighted by Gasteiger charge is -2.13. The Balaban J connectivity index is 2.18. The molecular weight excluding hydrogens is 252 g/mol. The van der Waals surface area contributed by atoms with Gasteiger partial charge in [-0.05, 0) is 13.8 Å². The number of nitrogens with zero attached hydrogens (tertiary/aromatic N) is 3. The Bertz CT molecular complexity index is 476. The summed E-state index contributed by atoms with van der Waals surface area (Å²) in [6.07, 6.45) is 0. The fourth-order valence-electron chi connectivity index (χ4n) is 1.65. The summed E-state index contributed by atoms with van der Waals surface area (Å²) < 4.78 is 0. The Labute approximate surface area is 109 Å². The quantitative estimate of drug-likeness (QED) is 0.888. The van der Waals surface area contributed by atoms with Crippen molar-refractivity contribution in [3.05, 3.63) is 17.6 Å². The van der Waals surface area contributed by atoms with E-state index in [9.17, 15) is 9.59 Å². The number of hydrogen-bond acceptors (Lipinski definition) is 6. The SMILES string of the molecule is CCNc1cc(C)nc(CN2C(=O)CSC2=O)n1. The molecule has 2 heterocycles. The fraction of sp³-hybridized carbons (Fsp3) is 0.455. The van der Waals surface area contributed by atoms with Crippen molar-refractivity contribution in [2.24, 2.45) is 0 Å². The molecule has 1 aromatic rings. The molecule has 1 aliphatic rings. The van der Waals surface area contributed by atoms with Gasteiger partial charge >= 0.3 is 0 Å². The first-order valence-electron chi connectivity index (χ1n) is 5.65. The van der Waals surface area contributed by atoms with Crippen molar-refractivity contribution in [3.8, 4) is 0 Å². The van der Waals surface area contributed by atoms with Gasteiger partial charge in [0, 0.05) is 18.3 Å². The van der Waals surface area contributed by atoms with Gasteiger partial charge in [-0.25, -0.2) is 9.97 Å². The van der Waals surface area contributed by atoms with Gasteiger partial charge in [-0.2, -0.15) is 0 Å². The molecule has 0 atom stereocenters. The molecule has 96 valence electrons. The van der Waals surface area contributed by atoms with Gasteiger partial charge in [0.1, 0.15) is 5.82 Å². The van der Waals surface area contributed by atoms with E-state index >= 15 is 0 Å². The summed E-state index contributed by atoms with van der Waals surface area (Å²) in [5.74, 6) is 1.23. The number of aromatic nitrogens is 2. The maximum absolute atomic E-state index is 11.5. The number of nitrogens with one attached hydrogen (secondary N) is 1. The lowest BCUT2D eigenvalue weighted by atomic mass is 10.4. The Morgan fingerprint density at radius 3 is 2.83 bits per heavy atom. The van der Waals surface area contributed by atoms with E-state index < -0.39 is 0 Å². The number of aryl methyl sites for hydroxylation is 1. The summed E-state index contributed by atoms with van der Waals surface area (Å²) in [4.78, 5) is 32.7. The zero-order chi connectivity index (χ0) is 13.1. The van der Waals surface area contributed by atoms with Crippen LogP contribution in [0.3, 0.4) is 0 Å². The van der Waals surface area contributed by atoms with Crippen LogP contribution in [0.4, 0.5) is 10.6 Å². The van der Waals surface area contributed by atoms with Crippen LogP contribution in [0.1, 0.15) is 18.4 Å². The van der Waals surface area contributed by atoms with Crippen LogP contribution in [-0.4, -0.2) is 38.3 Å². The predicted octanol–water partition coefficient (Wildman–Crippen LogP) is 1.41. The lowest BCUT2D eigenvalue weighted by Crippen LogP contribution is -2.29. The van der Waals surface area contributed by atoms with Gasteiger partial charge in [0.15, 0.2) is 5.82 Å². The number of hydrogen-bond donors (Lipinski definition) is 1. The topological polar surface area (TPSA) is 75.2 Å². The number of rotatable bonds is 4. The first-order valence-corrected chi connectivity index (χ1v) is 6.64. The molecule has 1 aromatic heterocycles. The number of carbonyl (C=O) groups excluding carboxylic acids is 2. The molecular formula is C11H14N4O2S. The summed E-state index contributed by atoms with van der Waals surface area (Å²) in [5, 5.41) is 2.86. The third-order valence-corrected chi connectivity index (χ3v) is 3.26. The highest BCUT2D eigenvalue weighted by Gasteiger charge is 2.30. The molecule has 0 aromatic carbocycles. The summed E-state index contributed by atoms with van der Waals surface area (Å²) in [7, 11) is 0. The third-order valence-electron chi connectivity index (χ3n) is 2.40. The van der Waals surface area contributed by atoms with Gasteiger partial charge in [-0.3, -0.25) is 14.5 Å². The van der Waals surface area contributed by atoms with Crippen LogP contribution >= 0.6 is 11.8 Å². The van der Waals surface area contributed by atoms with Crippen molar-refractivity contribution in [1.82, 2.24) is 14.9 Å². The molecule has 1 aliphatic heterocycles. The molecule has 0 spiro atoms. The van der Waals surface area contributed by atoms with Crippen LogP contribution in [0.15, 0.2) is 6.07 Å². The molecule has 1 saturated heterocycles. The third kappa shape index (κ3) is 2.79. The second-order valence-corrected chi connectivity index (χ2v) is 4.80. The molecule has 18 heavy (non-hydrogen) atoms. The van der Waals surface area contributed by atoms with Crippen LogP contribution in [0.2, 0.25) is 0 Å². The molecule has 1 fully saturated rings. The molecule has 6 nitrogen and oxygen atoms in total. The van der Waals surface area contributed by atoms with Crippen molar-refractivity contribution >= 4 is 28.7 Å². The average molecular weight is 266 g/mol. The Hall–Kier alpha value is -1.63. The average Bonchev–Trinajstić information content (AvgIpc) is 2.60. The van der Waals surface area contributed by atoms with Crippen molar-refractivity contribution in [2.75, 3.05) is 17.6 Å². The molecule has 7 heteroatoms. The number of carbonyl (C=O) groups is 2. The van der Waals surface area contributed by atoms with E-state index in [1.54, 1.807) is 0 Å². The summed E-state index contributed by atoms with van der Waals surface area (Å²) >= 11 is 1.02. The van der Waals surface area contributed by atoms with E-state index in [2.05, 4.69) is 15.3 Å². The predicted molar refractivity (Wildman–Crippen MR) is 69.3 cm³/mol. The first kappa shape index (κ1) is 12.8. The van der Waals surface area contributed by atoms with Gasteiger partial charge < -0.3 is 5.32 Å². The highest BCUT2D eigenvalue weighted by molar-refractivity contribution is 8.14. The second kappa shape index (κ2) is 5.34. The summed E-state index contributed by atoms with van der Waals surface area (Å²) in [6, 6.07) is 1.83. The lowest BCUT2D eigenvalue weighted by molar-refractivity contribution is -0.125.